The highest BCUT2D eigenvalue weighted by Crippen LogP contribution is 2.25. The van der Waals surface area contributed by atoms with Gasteiger partial charge in [-0.1, -0.05) is 12.8 Å². The van der Waals surface area contributed by atoms with E-state index in [9.17, 15) is 5.11 Å². The van der Waals surface area contributed by atoms with E-state index in [0.717, 1.165) is 56.5 Å². The summed E-state index contributed by atoms with van der Waals surface area (Å²) in [7, 11) is 4.02. The van der Waals surface area contributed by atoms with Crippen LogP contribution in [0.2, 0.25) is 0 Å². The number of aliphatic hydroxyl groups excluding tert-OH is 1. The highest BCUT2D eigenvalue weighted by atomic mass is 16.3. The van der Waals surface area contributed by atoms with Gasteiger partial charge < -0.3 is 14.9 Å². The van der Waals surface area contributed by atoms with Gasteiger partial charge in [0.25, 0.3) is 0 Å². The highest BCUT2D eigenvalue weighted by molar-refractivity contribution is 5.45. The molecule has 1 saturated heterocycles. The molecule has 2 aliphatic rings. The molecule has 1 N–H and O–H groups in total. The van der Waals surface area contributed by atoms with E-state index >= 15 is 0 Å². The third-order valence-corrected chi connectivity index (χ3v) is 5.05. The standard InChI is InChI=1S/C17H29N5O/c1-13-12-16(20(2)3)19-17(18-13)22-10-8-21(9-11-22)14-6-4-5-7-15(14)23/h12,14-15,23H,4-11H2,1-3H3. The van der Waals surface area contributed by atoms with Crippen LogP contribution in [0.5, 0.6) is 0 Å². The fraction of sp³-hybridized carbons (Fsp3) is 0.765. The smallest absolute Gasteiger partial charge is 0.227 e. The molecule has 0 bridgehead atoms. The summed E-state index contributed by atoms with van der Waals surface area (Å²) in [6.45, 7) is 5.85. The van der Waals surface area contributed by atoms with Gasteiger partial charge in [-0.05, 0) is 19.8 Å². The molecule has 1 saturated carbocycles. The van der Waals surface area contributed by atoms with Crippen molar-refractivity contribution in [1.29, 1.82) is 0 Å². The Morgan fingerprint density at radius 2 is 1.78 bits per heavy atom. The molecule has 128 valence electrons. The second kappa shape index (κ2) is 7.01. The van der Waals surface area contributed by atoms with Crippen molar-refractivity contribution in [3.05, 3.63) is 11.8 Å². The number of anilines is 2. The van der Waals surface area contributed by atoms with E-state index in [0.29, 0.717) is 6.04 Å². The fourth-order valence-corrected chi connectivity index (χ4v) is 3.68. The molecular formula is C17H29N5O. The van der Waals surface area contributed by atoms with Gasteiger partial charge in [-0.2, -0.15) is 4.98 Å². The summed E-state index contributed by atoms with van der Waals surface area (Å²) < 4.78 is 0. The minimum atomic E-state index is -0.147. The minimum Gasteiger partial charge on any atom is -0.391 e. The SMILES string of the molecule is Cc1cc(N(C)C)nc(N2CCN(C3CCCCC3O)CC2)n1. The number of hydrogen-bond donors (Lipinski definition) is 1. The minimum absolute atomic E-state index is 0.147. The second-order valence-electron chi connectivity index (χ2n) is 7.00. The molecule has 1 aliphatic heterocycles. The Balaban J connectivity index is 1.65. The lowest BCUT2D eigenvalue weighted by Gasteiger charge is -2.42. The average molecular weight is 319 g/mol. The van der Waals surface area contributed by atoms with Crippen LogP contribution < -0.4 is 9.80 Å². The van der Waals surface area contributed by atoms with Crippen LogP contribution in [0, 0.1) is 6.92 Å². The Hall–Kier alpha value is -1.40. The quantitative estimate of drug-likeness (QED) is 0.906. The normalized spacial score (nSPS) is 26.3. The van der Waals surface area contributed by atoms with Crippen molar-refractivity contribution in [2.45, 2.75) is 44.8 Å². The maximum atomic E-state index is 10.3. The molecule has 1 aromatic heterocycles. The first-order chi connectivity index (χ1) is 11.0. The van der Waals surface area contributed by atoms with Crippen LogP contribution in [0.1, 0.15) is 31.4 Å². The first-order valence-electron chi connectivity index (χ1n) is 8.74. The summed E-state index contributed by atoms with van der Waals surface area (Å²) in [5.41, 5.74) is 1.00. The largest absolute Gasteiger partial charge is 0.391 e. The average Bonchev–Trinajstić information content (AvgIpc) is 2.55. The van der Waals surface area contributed by atoms with E-state index in [-0.39, 0.29) is 6.10 Å². The van der Waals surface area contributed by atoms with Crippen LogP contribution in [0.25, 0.3) is 0 Å². The van der Waals surface area contributed by atoms with Crippen molar-refractivity contribution in [3.63, 3.8) is 0 Å². The lowest BCUT2D eigenvalue weighted by molar-refractivity contribution is 0.0172. The molecule has 1 aromatic rings. The third kappa shape index (κ3) is 3.75. The summed E-state index contributed by atoms with van der Waals surface area (Å²) in [6, 6.07) is 2.36. The molecule has 2 heterocycles. The lowest BCUT2D eigenvalue weighted by atomic mass is 9.91. The zero-order valence-electron chi connectivity index (χ0n) is 14.6. The van der Waals surface area contributed by atoms with Crippen LogP contribution in [-0.4, -0.2) is 72.4 Å². The molecule has 6 nitrogen and oxygen atoms in total. The molecule has 1 aliphatic carbocycles. The van der Waals surface area contributed by atoms with Gasteiger partial charge in [0.2, 0.25) is 5.95 Å². The molecule has 0 amide bonds. The molecule has 2 fully saturated rings. The van der Waals surface area contributed by atoms with Gasteiger partial charge in [0.1, 0.15) is 5.82 Å². The summed E-state index contributed by atoms with van der Waals surface area (Å²) in [5.74, 6) is 1.79. The third-order valence-electron chi connectivity index (χ3n) is 5.05. The van der Waals surface area contributed by atoms with Crippen molar-refractivity contribution in [2.24, 2.45) is 0 Å². The van der Waals surface area contributed by atoms with Gasteiger partial charge in [0.15, 0.2) is 0 Å². The summed E-state index contributed by atoms with van der Waals surface area (Å²) in [6.07, 6.45) is 4.35. The number of aliphatic hydroxyl groups is 1. The Bertz CT molecular complexity index is 528. The second-order valence-corrected chi connectivity index (χ2v) is 7.00. The van der Waals surface area contributed by atoms with Crippen LogP contribution in [-0.2, 0) is 0 Å². The number of hydrogen-bond acceptors (Lipinski definition) is 6. The first-order valence-corrected chi connectivity index (χ1v) is 8.74. The molecule has 0 radical (unpaired) electrons. The zero-order chi connectivity index (χ0) is 16.4. The molecular weight excluding hydrogens is 290 g/mol. The van der Waals surface area contributed by atoms with Crippen LogP contribution >= 0.6 is 0 Å². The number of piperazine rings is 1. The fourth-order valence-electron chi connectivity index (χ4n) is 3.68. The highest BCUT2D eigenvalue weighted by Gasteiger charge is 2.31. The summed E-state index contributed by atoms with van der Waals surface area (Å²) in [4.78, 5) is 16.0. The summed E-state index contributed by atoms with van der Waals surface area (Å²) in [5, 5.41) is 10.3. The molecule has 2 atom stereocenters. The first kappa shape index (κ1) is 16.5. The zero-order valence-corrected chi connectivity index (χ0v) is 14.6. The molecule has 0 spiro atoms. The molecule has 3 rings (SSSR count). The van der Waals surface area contributed by atoms with E-state index in [1.165, 1.54) is 12.8 Å². The van der Waals surface area contributed by atoms with Crippen LogP contribution in [0.15, 0.2) is 6.07 Å². The molecule has 6 heteroatoms. The van der Waals surface area contributed by atoms with Crippen LogP contribution in [0.4, 0.5) is 11.8 Å². The Morgan fingerprint density at radius 3 is 2.43 bits per heavy atom. The molecule has 23 heavy (non-hydrogen) atoms. The van der Waals surface area contributed by atoms with Gasteiger partial charge in [-0.25, -0.2) is 4.98 Å². The number of rotatable bonds is 3. The van der Waals surface area contributed by atoms with E-state index in [4.69, 9.17) is 0 Å². The van der Waals surface area contributed by atoms with Gasteiger partial charge >= 0.3 is 0 Å². The maximum Gasteiger partial charge on any atom is 0.227 e. The van der Waals surface area contributed by atoms with Gasteiger partial charge in [0, 0.05) is 58.1 Å². The Morgan fingerprint density at radius 1 is 1.09 bits per heavy atom. The Kier molecular flexibility index (Phi) is 5.02. The van der Waals surface area contributed by atoms with E-state index in [1.54, 1.807) is 0 Å². The van der Waals surface area contributed by atoms with Crippen molar-refractivity contribution in [1.82, 2.24) is 14.9 Å². The van der Waals surface area contributed by atoms with Crippen molar-refractivity contribution < 1.29 is 5.11 Å². The topological polar surface area (TPSA) is 55.7 Å². The predicted octanol–water partition coefficient (Wildman–Crippen LogP) is 1.28. The van der Waals surface area contributed by atoms with Gasteiger partial charge in [0.05, 0.1) is 6.10 Å². The van der Waals surface area contributed by atoms with Crippen LogP contribution in [0.3, 0.4) is 0 Å². The predicted molar refractivity (Wildman–Crippen MR) is 93.1 cm³/mol. The van der Waals surface area contributed by atoms with Gasteiger partial charge in [-0.3, -0.25) is 4.90 Å². The molecule has 2 unspecified atom stereocenters. The van der Waals surface area contributed by atoms with E-state index in [2.05, 4.69) is 19.8 Å². The lowest BCUT2D eigenvalue weighted by Crippen LogP contribution is -2.54. The Labute approximate surface area is 139 Å². The van der Waals surface area contributed by atoms with E-state index < -0.39 is 0 Å². The van der Waals surface area contributed by atoms with Crippen molar-refractivity contribution >= 4 is 11.8 Å². The monoisotopic (exact) mass is 319 g/mol. The number of aromatic nitrogens is 2. The summed E-state index contributed by atoms with van der Waals surface area (Å²) >= 11 is 0. The van der Waals surface area contributed by atoms with Crippen molar-refractivity contribution in [2.75, 3.05) is 50.1 Å². The van der Waals surface area contributed by atoms with Crippen molar-refractivity contribution in [3.8, 4) is 0 Å². The number of nitrogens with zero attached hydrogens (tertiary/aromatic N) is 5. The maximum absolute atomic E-state index is 10.3. The van der Waals surface area contributed by atoms with E-state index in [1.807, 2.05) is 32.0 Å². The number of aryl methyl sites for hydroxylation is 1. The van der Waals surface area contributed by atoms with Gasteiger partial charge in [-0.15, -0.1) is 0 Å². The molecule has 0 aromatic carbocycles.